The molecule has 19 heavy (non-hydrogen) atoms. The topological polar surface area (TPSA) is 24.9 Å². The third-order valence-electron chi connectivity index (χ3n) is 3.71. The van der Waals surface area contributed by atoms with E-state index in [4.69, 9.17) is 0 Å². The zero-order valence-corrected chi connectivity index (χ0v) is 12.2. The van der Waals surface area contributed by atoms with Gasteiger partial charge in [0.1, 0.15) is 0 Å². The number of pyridine rings is 1. The van der Waals surface area contributed by atoms with Crippen molar-refractivity contribution >= 4 is 0 Å². The van der Waals surface area contributed by atoms with Gasteiger partial charge in [0.15, 0.2) is 0 Å². The van der Waals surface area contributed by atoms with Gasteiger partial charge in [-0.3, -0.25) is 4.98 Å². The SMILES string of the molecule is CNC(Cc1c(C)cc(C)cc1C)c1ccncc1. The first kappa shape index (κ1) is 13.8. The maximum absolute atomic E-state index is 4.09. The molecule has 1 aromatic carbocycles. The number of aryl methyl sites for hydroxylation is 3. The van der Waals surface area contributed by atoms with Gasteiger partial charge in [0, 0.05) is 18.4 Å². The molecule has 0 amide bonds. The van der Waals surface area contributed by atoms with E-state index in [0.717, 1.165) is 6.42 Å². The Bertz CT molecular complexity index is 523. The van der Waals surface area contributed by atoms with Crippen molar-refractivity contribution in [2.45, 2.75) is 33.2 Å². The Labute approximate surface area is 115 Å². The molecule has 1 unspecified atom stereocenters. The lowest BCUT2D eigenvalue weighted by Gasteiger charge is -2.20. The van der Waals surface area contributed by atoms with Crippen LogP contribution in [-0.4, -0.2) is 12.0 Å². The average Bonchev–Trinajstić information content (AvgIpc) is 2.39. The lowest BCUT2D eigenvalue weighted by molar-refractivity contribution is 0.588. The third kappa shape index (κ3) is 3.21. The zero-order chi connectivity index (χ0) is 13.8. The Morgan fingerprint density at radius 2 is 1.63 bits per heavy atom. The van der Waals surface area contributed by atoms with Gasteiger partial charge in [-0.1, -0.05) is 17.7 Å². The molecular weight excluding hydrogens is 232 g/mol. The van der Waals surface area contributed by atoms with Gasteiger partial charge in [0.2, 0.25) is 0 Å². The Balaban J connectivity index is 2.29. The maximum atomic E-state index is 4.09. The molecule has 100 valence electrons. The smallest absolute Gasteiger partial charge is 0.0359 e. The van der Waals surface area contributed by atoms with E-state index >= 15 is 0 Å². The quantitative estimate of drug-likeness (QED) is 0.903. The summed E-state index contributed by atoms with van der Waals surface area (Å²) in [4.78, 5) is 4.09. The van der Waals surface area contributed by atoms with Crippen LogP contribution >= 0.6 is 0 Å². The normalized spacial score (nSPS) is 12.4. The predicted octanol–water partition coefficient (Wildman–Crippen LogP) is 3.51. The fourth-order valence-corrected chi connectivity index (χ4v) is 2.72. The van der Waals surface area contributed by atoms with Gasteiger partial charge in [-0.25, -0.2) is 0 Å². The Kier molecular flexibility index (Phi) is 4.33. The molecule has 0 spiro atoms. The fraction of sp³-hybridized carbons (Fsp3) is 0.353. The Morgan fingerprint density at radius 1 is 1.05 bits per heavy atom. The molecular formula is C17H22N2. The average molecular weight is 254 g/mol. The highest BCUT2D eigenvalue weighted by molar-refractivity contribution is 5.38. The van der Waals surface area contributed by atoms with Crippen LogP contribution < -0.4 is 5.32 Å². The summed E-state index contributed by atoms with van der Waals surface area (Å²) in [7, 11) is 2.02. The van der Waals surface area contributed by atoms with E-state index in [-0.39, 0.29) is 0 Å². The molecule has 0 saturated heterocycles. The number of nitrogens with zero attached hydrogens (tertiary/aromatic N) is 1. The van der Waals surface area contributed by atoms with Crippen LogP contribution in [0.1, 0.15) is 33.9 Å². The van der Waals surface area contributed by atoms with Crippen molar-refractivity contribution in [2.75, 3.05) is 7.05 Å². The second-order valence-electron chi connectivity index (χ2n) is 5.20. The summed E-state index contributed by atoms with van der Waals surface area (Å²) in [5, 5.41) is 3.41. The first-order valence-corrected chi connectivity index (χ1v) is 6.75. The highest BCUT2D eigenvalue weighted by atomic mass is 14.9. The van der Waals surface area contributed by atoms with Crippen LogP contribution in [0.3, 0.4) is 0 Å². The van der Waals surface area contributed by atoms with Crippen molar-refractivity contribution in [1.29, 1.82) is 0 Å². The molecule has 1 aromatic heterocycles. The van der Waals surface area contributed by atoms with Gasteiger partial charge in [0.25, 0.3) is 0 Å². The molecule has 2 nitrogen and oxygen atoms in total. The highest BCUT2D eigenvalue weighted by Gasteiger charge is 2.13. The maximum Gasteiger partial charge on any atom is 0.0359 e. The lowest BCUT2D eigenvalue weighted by Crippen LogP contribution is -2.19. The van der Waals surface area contributed by atoms with Crippen molar-refractivity contribution in [1.82, 2.24) is 10.3 Å². The predicted molar refractivity (Wildman–Crippen MR) is 80.4 cm³/mol. The number of hydrogen-bond acceptors (Lipinski definition) is 2. The molecule has 2 rings (SSSR count). The van der Waals surface area contributed by atoms with Gasteiger partial charge < -0.3 is 5.32 Å². The second-order valence-corrected chi connectivity index (χ2v) is 5.20. The van der Waals surface area contributed by atoms with Gasteiger partial charge in [0.05, 0.1) is 0 Å². The minimum Gasteiger partial charge on any atom is -0.313 e. The van der Waals surface area contributed by atoms with E-state index in [0.29, 0.717) is 6.04 Å². The van der Waals surface area contributed by atoms with E-state index in [1.54, 1.807) is 0 Å². The van der Waals surface area contributed by atoms with Crippen molar-refractivity contribution in [2.24, 2.45) is 0 Å². The molecule has 0 saturated carbocycles. The van der Waals surface area contributed by atoms with Gasteiger partial charge in [-0.15, -0.1) is 0 Å². The number of rotatable bonds is 4. The first-order chi connectivity index (χ1) is 9.11. The molecule has 1 N–H and O–H groups in total. The number of nitrogens with one attached hydrogen (secondary N) is 1. The zero-order valence-electron chi connectivity index (χ0n) is 12.2. The number of benzene rings is 1. The molecule has 1 atom stereocenters. The van der Waals surface area contributed by atoms with E-state index in [1.165, 1.54) is 27.8 Å². The van der Waals surface area contributed by atoms with Crippen LogP contribution in [0.2, 0.25) is 0 Å². The van der Waals surface area contributed by atoms with Crippen molar-refractivity contribution in [3.63, 3.8) is 0 Å². The van der Waals surface area contributed by atoms with Crippen molar-refractivity contribution in [3.05, 3.63) is 64.5 Å². The largest absolute Gasteiger partial charge is 0.313 e. The highest BCUT2D eigenvalue weighted by Crippen LogP contribution is 2.23. The van der Waals surface area contributed by atoms with Gasteiger partial charge in [-0.2, -0.15) is 0 Å². The van der Waals surface area contributed by atoms with Crippen LogP contribution in [0.25, 0.3) is 0 Å². The van der Waals surface area contributed by atoms with E-state index in [2.05, 4.69) is 55.3 Å². The third-order valence-corrected chi connectivity index (χ3v) is 3.71. The van der Waals surface area contributed by atoms with Crippen LogP contribution in [-0.2, 0) is 6.42 Å². The Morgan fingerprint density at radius 3 is 2.16 bits per heavy atom. The summed E-state index contributed by atoms with van der Waals surface area (Å²) in [6.07, 6.45) is 4.72. The molecule has 0 aliphatic rings. The number of hydrogen-bond donors (Lipinski definition) is 1. The van der Waals surface area contributed by atoms with Crippen LogP contribution in [0, 0.1) is 20.8 Å². The van der Waals surface area contributed by atoms with Gasteiger partial charge >= 0.3 is 0 Å². The van der Waals surface area contributed by atoms with E-state index in [1.807, 2.05) is 19.4 Å². The van der Waals surface area contributed by atoms with E-state index in [9.17, 15) is 0 Å². The summed E-state index contributed by atoms with van der Waals surface area (Å²) in [5.74, 6) is 0. The monoisotopic (exact) mass is 254 g/mol. The minimum absolute atomic E-state index is 0.336. The molecule has 2 aromatic rings. The fourth-order valence-electron chi connectivity index (χ4n) is 2.72. The minimum atomic E-state index is 0.336. The molecule has 0 aliphatic carbocycles. The molecule has 1 heterocycles. The first-order valence-electron chi connectivity index (χ1n) is 6.75. The van der Waals surface area contributed by atoms with Crippen LogP contribution in [0.4, 0.5) is 0 Å². The Hall–Kier alpha value is -1.67. The van der Waals surface area contributed by atoms with Gasteiger partial charge in [-0.05, 0) is 68.6 Å². The molecule has 0 fully saturated rings. The number of likely N-dealkylation sites (N-methyl/N-ethyl adjacent to an activating group) is 1. The summed E-state index contributed by atoms with van der Waals surface area (Å²) >= 11 is 0. The summed E-state index contributed by atoms with van der Waals surface area (Å²) in [6.45, 7) is 6.56. The van der Waals surface area contributed by atoms with Crippen LogP contribution in [0.5, 0.6) is 0 Å². The molecule has 0 radical (unpaired) electrons. The summed E-state index contributed by atoms with van der Waals surface area (Å²) < 4.78 is 0. The molecule has 0 aliphatic heterocycles. The standard InChI is InChI=1S/C17H22N2/c1-12-9-13(2)16(14(3)10-12)11-17(18-4)15-5-7-19-8-6-15/h5-10,17-18H,11H2,1-4H3. The lowest BCUT2D eigenvalue weighted by atomic mass is 9.92. The second kappa shape index (κ2) is 5.98. The van der Waals surface area contributed by atoms with Crippen molar-refractivity contribution in [3.8, 4) is 0 Å². The molecule has 2 heteroatoms. The number of aromatic nitrogens is 1. The van der Waals surface area contributed by atoms with E-state index < -0.39 is 0 Å². The summed E-state index contributed by atoms with van der Waals surface area (Å²) in [5.41, 5.74) is 6.83. The van der Waals surface area contributed by atoms with Crippen LogP contribution in [0.15, 0.2) is 36.7 Å². The summed E-state index contributed by atoms with van der Waals surface area (Å²) in [6, 6.07) is 9.03. The van der Waals surface area contributed by atoms with Crippen molar-refractivity contribution < 1.29 is 0 Å². The molecule has 0 bridgehead atoms.